The normalized spacial score (nSPS) is 10.2. The number of hydrogen-bond acceptors (Lipinski definition) is 4. The van der Waals surface area contributed by atoms with Gasteiger partial charge in [-0.05, 0) is 23.8 Å². The fourth-order valence-corrected chi connectivity index (χ4v) is 1.61. The number of nitrogen functional groups attached to an aromatic ring is 1. The van der Waals surface area contributed by atoms with Crippen LogP contribution in [0.4, 0.5) is 5.69 Å². The summed E-state index contributed by atoms with van der Waals surface area (Å²) in [6.45, 7) is 0.234. The molecule has 0 spiro atoms. The average molecular weight is 279 g/mol. The smallest absolute Gasteiger partial charge is 0.338 e. The number of aromatic carboxylic acids is 1. The first-order valence-electron chi connectivity index (χ1n) is 5.43. The molecule has 0 aliphatic carbocycles. The number of nitrogens with two attached hydrogens (primary N) is 1. The number of halogens is 1. The molecule has 2 aromatic rings. The van der Waals surface area contributed by atoms with Gasteiger partial charge in [-0.25, -0.2) is 9.78 Å². The van der Waals surface area contributed by atoms with Crippen molar-refractivity contribution < 1.29 is 14.6 Å². The monoisotopic (exact) mass is 278 g/mol. The quantitative estimate of drug-likeness (QED) is 0.898. The van der Waals surface area contributed by atoms with E-state index in [0.29, 0.717) is 5.02 Å². The van der Waals surface area contributed by atoms with Crippen molar-refractivity contribution in [1.82, 2.24) is 4.98 Å². The molecule has 6 heteroatoms. The number of benzene rings is 1. The molecule has 1 aromatic heterocycles. The Hall–Kier alpha value is -2.27. The van der Waals surface area contributed by atoms with Crippen LogP contribution in [-0.2, 0) is 6.61 Å². The van der Waals surface area contributed by atoms with E-state index in [2.05, 4.69) is 4.98 Å². The van der Waals surface area contributed by atoms with E-state index in [9.17, 15) is 4.79 Å². The van der Waals surface area contributed by atoms with Crippen molar-refractivity contribution in [3.8, 4) is 5.88 Å². The predicted molar refractivity (Wildman–Crippen MR) is 71.4 cm³/mol. The Kier molecular flexibility index (Phi) is 3.87. The number of hydrogen-bond donors (Lipinski definition) is 2. The molecule has 2 rings (SSSR count). The fourth-order valence-electron chi connectivity index (χ4n) is 1.49. The minimum atomic E-state index is -1.11. The van der Waals surface area contributed by atoms with Gasteiger partial charge < -0.3 is 15.6 Å². The Morgan fingerprint density at radius 3 is 2.63 bits per heavy atom. The summed E-state index contributed by atoms with van der Waals surface area (Å²) in [6.07, 6.45) is 1.34. The van der Waals surface area contributed by atoms with Gasteiger partial charge in [-0.1, -0.05) is 23.7 Å². The topological polar surface area (TPSA) is 85.4 Å². The highest BCUT2D eigenvalue weighted by Gasteiger charge is 2.13. The van der Waals surface area contributed by atoms with E-state index in [4.69, 9.17) is 27.2 Å². The van der Waals surface area contributed by atoms with Gasteiger partial charge in [0.2, 0.25) is 5.88 Å². The Balaban J connectivity index is 2.13. The number of nitrogens with zero attached hydrogens (tertiary/aromatic N) is 1. The maximum absolute atomic E-state index is 10.9. The number of rotatable bonds is 4. The van der Waals surface area contributed by atoms with Crippen molar-refractivity contribution in [1.29, 1.82) is 0 Å². The first kappa shape index (κ1) is 13.2. The highest BCUT2D eigenvalue weighted by molar-refractivity contribution is 6.30. The van der Waals surface area contributed by atoms with Gasteiger partial charge in [0.15, 0.2) is 0 Å². The summed E-state index contributed by atoms with van der Waals surface area (Å²) in [7, 11) is 0. The Labute approximate surface area is 114 Å². The molecule has 0 unspecified atom stereocenters. The van der Waals surface area contributed by atoms with Gasteiger partial charge in [-0.3, -0.25) is 0 Å². The number of carboxylic acids is 1. The minimum Gasteiger partial charge on any atom is -0.478 e. The van der Waals surface area contributed by atoms with E-state index < -0.39 is 5.97 Å². The summed E-state index contributed by atoms with van der Waals surface area (Å²) in [6, 6.07) is 8.42. The van der Waals surface area contributed by atoms with Crippen LogP contribution in [0.5, 0.6) is 5.88 Å². The van der Waals surface area contributed by atoms with E-state index in [1.807, 2.05) is 0 Å². The average Bonchev–Trinajstić information content (AvgIpc) is 2.39. The zero-order chi connectivity index (χ0) is 13.8. The molecular weight excluding hydrogens is 268 g/mol. The van der Waals surface area contributed by atoms with Gasteiger partial charge in [-0.2, -0.15) is 0 Å². The molecule has 98 valence electrons. The van der Waals surface area contributed by atoms with Crippen molar-refractivity contribution in [3.63, 3.8) is 0 Å². The summed E-state index contributed by atoms with van der Waals surface area (Å²) >= 11 is 5.77. The second-order valence-corrected chi connectivity index (χ2v) is 4.23. The van der Waals surface area contributed by atoms with Crippen LogP contribution in [0, 0.1) is 0 Å². The lowest BCUT2D eigenvalue weighted by atomic mass is 10.2. The molecule has 1 aromatic carbocycles. The highest BCUT2D eigenvalue weighted by Crippen LogP contribution is 2.23. The van der Waals surface area contributed by atoms with E-state index in [1.165, 1.54) is 12.3 Å². The van der Waals surface area contributed by atoms with Crippen LogP contribution in [-0.4, -0.2) is 16.1 Å². The molecule has 1 heterocycles. The van der Waals surface area contributed by atoms with Gasteiger partial charge >= 0.3 is 5.97 Å². The van der Waals surface area contributed by atoms with Crippen molar-refractivity contribution in [2.45, 2.75) is 6.61 Å². The second kappa shape index (κ2) is 5.58. The summed E-state index contributed by atoms with van der Waals surface area (Å²) in [4.78, 5) is 14.8. The maximum atomic E-state index is 10.9. The van der Waals surface area contributed by atoms with Crippen LogP contribution in [0.25, 0.3) is 0 Å². The number of carboxylic acid groups (broad SMARTS) is 1. The van der Waals surface area contributed by atoms with E-state index in [-0.39, 0.29) is 23.7 Å². The molecule has 5 nitrogen and oxygen atoms in total. The molecule has 0 fully saturated rings. The minimum absolute atomic E-state index is 0.0176. The lowest BCUT2D eigenvalue weighted by molar-refractivity contribution is 0.0697. The molecule has 0 aliphatic heterocycles. The zero-order valence-electron chi connectivity index (χ0n) is 9.84. The largest absolute Gasteiger partial charge is 0.478 e. The molecule has 0 atom stereocenters. The van der Waals surface area contributed by atoms with Crippen molar-refractivity contribution in [2.24, 2.45) is 0 Å². The first-order valence-corrected chi connectivity index (χ1v) is 5.80. The SMILES string of the molecule is Nc1c(C(=O)O)ccnc1OCc1ccc(Cl)cc1. The number of carbonyl (C=O) groups is 1. The molecule has 0 bridgehead atoms. The zero-order valence-corrected chi connectivity index (χ0v) is 10.6. The fraction of sp³-hybridized carbons (Fsp3) is 0.0769. The molecule has 0 saturated carbocycles. The third kappa shape index (κ3) is 3.14. The Bertz CT molecular complexity index is 599. The number of aromatic nitrogens is 1. The van der Waals surface area contributed by atoms with Crippen LogP contribution in [0.2, 0.25) is 5.02 Å². The van der Waals surface area contributed by atoms with Gasteiger partial charge in [0.1, 0.15) is 12.3 Å². The van der Waals surface area contributed by atoms with Crippen LogP contribution in [0.3, 0.4) is 0 Å². The van der Waals surface area contributed by atoms with Gasteiger partial charge in [-0.15, -0.1) is 0 Å². The summed E-state index contributed by atoms with van der Waals surface area (Å²) < 4.78 is 5.41. The van der Waals surface area contributed by atoms with E-state index >= 15 is 0 Å². The Morgan fingerprint density at radius 1 is 1.32 bits per heavy atom. The molecular formula is C13H11ClN2O3. The van der Waals surface area contributed by atoms with E-state index in [1.54, 1.807) is 24.3 Å². The molecule has 0 amide bonds. The molecule has 0 radical (unpaired) electrons. The molecule has 3 N–H and O–H groups in total. The number of ether oxygens (including phenoxy) is 1. The third-order valence-electron chi connectivity index (χ3n) is 2.47. The first-order chi connectivity index (χ1) is 9.08. The summed E-state index contributed by atoms with van der Waals surface area (Å²) in [5.74, 6) is -1.01. The number of anilines is 1. The van der Waals surface area contributed by atoms with Gasteiger partial charge in [0.05, 0.1) is 5.56 Å². The molecule has 0 aliphatic rings. The molecule has 19 heavy (non-hydrogen) atoms. The third-order valence-corrected chi connectivity index (χ3v) is 2.72. The maximum Gasteiger partial charge on any atom is 0.338 e. The Morgan fingerprint density at radius 2 is 2.00 bits per heavy atom. The van der Waals surface area contributed by atoms with Gasteiger partial charge in [0.25, 0.3) is 0 Å². The summed E-state index contributed by atoms with van der Waals surface area (Å²) in [5, 5.41) is 9.56. The highest BCUT2D eigenvalue weighted by atomic mass is 35.5. The van der Waals surface area contributed by atoms with Gasteiger partial charge in [0, 0.05) is 11.2 Å². The van der Waals surface area contributed by atoms with Crippen LogP contribution >= 0.6 is 11.6 Å². The van der Waals surface area contributed by atoms with Crippen molar-refractivity contribution in [2.75, 3.05) is 5.73 Å². The van der Waals surface area contributed by atoms with Crippen LogP contribution in [0.15, 0.2) is 36.5 Å². The molecule has 0 saturated heterocycles. The lowest BCUT2D eigenvalue weighted by Gasteiger charge is -2.09. The summed E-state index contributed by atoms with van der Waals surface area (Å²) in [5.41, 5.74) is 6.55. The standard InChI is InChI=1S/C13H11ClN2O3/c14-9-3-1-8(2-4-9)7-19-12-11(15)10(13(17)18)5-6-16-12/h1-6H,7,15H2,(H,17,18). The second-order valence-electron chi connectivity index (χ2n) is 3.80. The van der Waals surface area contributed by atoms with Crippen molar-refractivity contribution in [3.05, 3.63) is 52.7 Å². The van der Waals surface area contributed by atoms with Crippen molar-refractivity contribution >= 4 is 23.3 Å². The lowest BCUT2D eigenvalue weighted by Crippen LogP contribution is -2.07. The van der Waals surface area contributed by atoms with Crippen LogP contribution in [0.1, 0.15) is 15.9 Å². The van der Waals surface area contributed by atoms with E-state index in [0.717, 1.165) is 5.56 Å². The number of pyridine rings is 1. The van der Waals surface area contributed by atoms with Crippen LogP contribution < -0.4 is 10.5 Å². The predicted octanol–water partition coefficient (Wildman–Crippen LogP) is 2.59.